The molecule has 0 radical (unpaired) electrons. The first-order valence-electron chi connectivity index (χ1n) is 9.28. The van der Waals surface area contributed by atoms with E-state index in [0.29, 0.717) is 18.1 Å². The SMILES string of the molecule is C[C@@H]1CN(C[C@@H]2CCCO2)CC[C@@H]1NCc1cccc2cn[nH]c12. The highest BCUT2D eigenvalue weighted by atomic mass is 16.5. The molecule has 5 nitrogen and oxygen atoms in total. The molecule has 4 rings (SSSR count). The molecule has 1 aromatic carbocycles. The van der Waals surface area contributed by atoms with Crippen LogP contribution in [-0.2, 0) is 11.3 Å². The predicted molar refractivity (Wildman–Crippen MR) is 95.9 cm³/mol. The van der Waals surface area contributed by atoms with Gasteiger partial charge in [-0.1, -0.05) is 25.1 Å². The maximum atomic E-state index is 5.79. The minimum Gasteiger partial charge on any atom is -0.377 e. The number of rotatable bonds is 5. The van der Waals surface area contributed by atoms with E-state index in [0.717, 1.165) is 25.2 Å². The number of fused-ring (bicyclic) bond motifs is 1. The molecular formula is C19H28N4O. The second-order valence-corrected chi connectivity index (χ2v) is 7.40. The molecule has 2 aliphatic heterocycles. The van der Waals surface area contributed by atoms with Crippen LogP contribution < -0.4 is 5.32 Å². The van der Waals surface area contributed by atoms with Gasteiger partial charge in [0, 0.05) is 37.7 Å². The van der Waals surface area contributed by atoms with Gasteiger partial charge in [-0.15, -0.1) is 0 Å². The Kier molecular flexibility index (Phi) is 4.83. The van der Waals surface area contributed by atoms with Gasteiger partial charge in [0.25, 0.3) is 0 Å². The van der Waals surface area contributed by atoms with Crippen molar-refractivity contribution in [2.24, 2.45) is 5.92 Å². The number of likely N-dealkylation sites (tertiary alicyclic amines) is 1. The van der Waals surface area contributed by atoms with E-state index in [1.54, 1.807) is 0 Å². The first kappa shape index (κ1) is 16.1. The Labute approximate surface area is 143 Å². The van der Waals surface area contributed by atoms with Crippen molar-refractivity contribution >= 4 is 10.9 Å². The summed E-state index contributed by atoms with van der Waals surface area (Å²) in [5, 5.41) is 12.2. The van der Waals surface area contributed by atoms with Crippen LogP contribution in [0.25, 0.3) is 10.9 Å². The van der Waals surface area contributed by atoms with Crippen molar-refractivity contribution in [3.8, 4) is 0 Å². The molecule has 0 unspecified atom stereocenters. The number of aromatic amines is 1. The van der Waals surface area contributed by atoms with E-state index in [9.17, 15) is 0 Å². The van der Waals surface area contributed by atoms with Crippen molar-refractivity contribution in [2.75, 3.05) is 26.2 Å². The van der Waals surface area contributed by atoms with Crippen molar-refractivity contribution in [3.05, 3.63) is 30.0 Å². The molecule has 5 heteroatoms. The highest BCUT2D eigenvalue weighted by Crippen LogP contribution is 2.21. The molecule has 3 atom stereocenters. The fourth-order valence-electron chi connectivity index (χ4n) is 4.20. The third-order valence-corrected chi connectivity index (χ3v) is 5.59. The lowest BCUT2D eigenvalue weighted by atomic mass is 9.93. The van der Waals surface area contributed by atoms with E-state index in [-0.39, 0.29) is 0 Å². The number of nitrogens with zero attached hydrogens (tertiary/aromatic N) is 2. The Morgan fingerprint density at radius 1 is 1.38 bits per heavy atom. The average Bonchev–Trinajstić information content (AvgIpc) is 3.25. The number of nitrogens with one attached hydrogen (secondary N) is 2. The number of ether oxygens (including phenoxy) is 1. The number of hydrogen-bond acceptors (Lipinski definition) is 4. The van der Waals surface area contributed by atoms with Gasteiger partial charge >= 0.3 is 0 Å². The van der Waals surface area contributed by atoms with Gasteiger partial charge in [-0.25, -0.2) is 0 Å². The van der Waals surface area contributed by atoms with Crippen molar-refractivity contribution in [3.63, 3.8) is 0 Å². The number of benzene rings is 1. The normalized spacial score (nSPS) is 28.6. The third kappa shape index (κ3) is 3.48. The van der Waals surface area contributed by atoms with Crippen LogP contribution in [0.4, 0.5) is 0 Å². The summed E-state index contributed by atoms with van der Waals surface area (Å²) in [7, 11) is 0. The molecule has 2 saturated heterocycles. The van der Waals surface area contributed by atoms with Crippen LogP contribution in [-0.4, -0.2) is 53.5 Å². The molecule has 2 aliphatic rings. The fourth-order valence-corrected chi connectivity index (χ4v) is 4.20. The zero-order chi connectivity index (χ0) is 16.4. The monoisotopic (exact) mass is 328 g/mol. The quantitative estimate of drug-likeness (QED) is 0.886. The Hall–Kier alpha value is -1.43. The van der Waals surface area contributed by atoms with Crippen LogP contribution in [0.1, 0.15) is 31.7 Å². The minimum atomic E-state index is 0.472. The summed E-state index contributed by atoms with van der Waals surface area (Å²) in [5.74, 6) is 0.668. The highest BCUT2D eigenvalue weighted by Gasteiger charge is 2.28. The third-order valence-electron chi connectivity index (χ3n) is 5.59. The van der Waals surface area contributed by atoms with Gasteiger partial charge in [0.15, 0.2) is 0 Å². The molecule has 2 fully saturated rings. The molecule has 3 heterocycles. The molecule has 0 bridgehead atoms. The van der Waals surface area contributed by atoms with Crippen LogP contribution in [0.5, 0.6) is 0 Å². The summed E-state index contributed by atoms with van der Waals surface area (Å²) >= 11 is 0. The van der Waals surface area contributed by atoms with Crippen molar-refractivity contribution in [1.29, 1.82) is 0 Å². The zero-order valence-electron chi connectivity index (χ0n) is 14.5. The Bertz CT molecular complexity index is 664. The van der Waals surface area contributed by atoms with E-state index in [1.807, 2.05) is 6.20 Å². The van der Waals surface area contributed by atoms with Crippen LogP contribution >= 0.6 is 0 Å². The maximum absolute atomic E-state index is 5.79. The van der Waals surface area contributed by atoms with Gasteiger partial charge in [0.05, 0.1) is 17.8 Å². The van der Waals surface area contributed by atoms with Gasteiger partial charge in [-0.3, -0.25) is 5.10 Å². The molecule has 2 aromatic rings. The second kappa shape index (κ2) is 7.21. The number of piperidine rings is 1. The summed E-state index contributed by atoms with van der Waals surface area (Å²) in [5.41, 5.74) is 2.47. The maximum Gasteiger partial charge on any atom is 0.0702 e. The van der Waals surface area contributed by atoms with Crippen LogP contribution in [0.15, 0.2) is 24.4 Å². The lowest BCUT2D eigenvalue weighted by molar-refractivity contribution is 0.0512. The number of hydrogen-bond donors (Lipinski definition) is 2. The summed E-state index contributed by atoms with van der Waals surface area (Å²) in [4.78, 5) is 2.59. The molecule has 130 valence electrons. The van der Waals surface area contributed by atoms with Crippen molar-refractivity contribution < 1.29 is 4.74 Å². The molecule has 2 N–H and O–H groups in total. The molecule has 1 aromatic heterocycles. The minimum absolute atomic E-state index is 0.472. The average molecular weight is 328 g/mol. The zero-order valence-corrected chi connectivity index (χ0v) is 14.5. The molecule has 0 spiro atoms. The number of para-hydroxylation sites is 1. The lowest BCUT2D eigenvalue weighted by Gasteiger charge is -2.38. The number of H-pyrrole nitrogens is 1. The summed E-state index contributed by atoms with van der Waals surface area (Å²) < 4.78 is 5.79. The molecule has 0 aliphatic carbocycles. The van der Waals surface area contributed by atoms with E-state index >= 15 is 0 Å². The van der Waals surface area contributed by atoms with E-state index in [2.05, 4.69) is 45.5 Å². The largest absolute Gasteiger partial charge is 0.377 e. The smallest absolute Gasteiger partial charge is 0.0702 e. The van der Waals surface area contributed by atoms with Gasteiger partial charge in [-0.05, 0) is 37.3 Å². The summed E-state index contributed by atoms with van der Waals surface area (Å²) in [6.45, 7) is 7.69. The van der Waals surface area contributed by atoms with E-state index in [1.165, 1.54) is 43.3 Å². The number of aromatic nitrogens is 2. The fraction of sp³-hybridized carbons (Fsp3) is 0.632. The second-order valence-electron chi connectivity index (χ2n) is 7.40. The Morgan fingerprint density at radius 3 is 3.17 bits per heavy atom. The van der Waals surface area contributed by atoms with E-state index in [4.69, 9.17) is 4.74 Å². The van der Waals surface area contributed by atoms with Gasteiger partial charge in [-0.2, -0.15) is 5.10 Å². The van der Waals surface area contributed by atoms with E-state index < -0.39 is 0 Å². The molecule has 0 saturated carbocycles. The molecule has 0 amide bonds. The highest BCUT2D eigenvalue weighted by molar-refractivity contribution is 5.81. The van der Waals surface area contributed by atoms with Gasteiger partial charge < -0.3 is 15.0 Å². The first-order chi connectivity index (χ1) is 11.8. The van der Waals surface area contributed by atoms with Crippen LogP contribution in [0, 0.1) is 5.92 Å². The molecular weight excluding hydrogens is 300 g/mol. The topological polar surface area (TPSA) is 53.2 Å². The van der Waals surface area contributed by atoms with Crippen molar-refractivity contribution in [2.45, 2.75) is 44.9 Å². The van der Waals surface area contributed by atoms with Crippen LogP contribution in [0.3, 0.4) is 0 Å². The molecule has 24 heavy (non-hydrogen) atoms. The van der Waals surface area contributed by atoms with Gasteiger partial charge in [0.2, 0.25) is 0 Å². The van der Waals surface area contributed by atoms with Crippen LogP contribution in [0.2, 0.25) is 0 Å². The van der Waals surface area contributed by atoms with Gasteiger partial charge in [0.1, 0.15) is 0 Å². The Balaban J connectivity index is 1.30. The Morgan fingerprint density at radius 2 is 2.33 bits per heavy atom. The summed E-state index contributed by atoms with van der Waals surface area (Å²) in [6, 6.07) is 6.99. The summed E-state index contributed by atoms with van der Waals surface area (Å²) in [6.07, 6.45) is 6.05. The van der Waals surface area contributed by atoms with Crippen molar-refractivity contribution in [1.82, 2.24) is 20.4 Å². The standard InChI is InChI=1S/C19H28N4O/c1-14-12-23(13-17-6-3-9-24-17)8-7-18(14)20-10-15-4-2-5-16-11-21-22-19(15)16/h2,4-5,11,14,17-18,20H,3,6-10,12-13H2,1H3,(H,21,22)/t14-,17+,18+/m1/s1. The predicted octanol–water partition coefficient (Wildman–Crippen LogP) is 2.54. The first-order valence-corrected chi connectivity index (χ1v) is 9.28. The lowest BCUT2D eigenvalue weighted by Crippen LogP contribution is -2.49.